The first kappa shape index (κ1) is 61.3. The average Bonchev–Trinajstić information content (AvgIpc) is 3.30. The van der Waals surface area contributed by atoms with E-state index in [-0.39, 0.29) is 25.2 Å². The quantitative estimate of drug-likeness (QED) is 0.0346. The predicted octanol–water partition coefficient (Wildman–Crippen LogP) is 18.7. The van der Waals surface area contributed by atoms with Crippen LogP contribution in [0.2, 0.25) is 0 Å². The SMILES string of the molecule is CC/C=C\C/C=C\C/C=C\CCCCCCCC(=O)OCC(COCCCCCCCCCCCCCCCCCCCCCC)OC(=O)CCCCC/C=C\C/C=C\C/C=C\CC. The summed E-state index contributed by atoms with van der Waals surface area (Å²) in [5, 5.41) is 0. The highest BCUT2D eigenvalue weighted by molar-refractivity contribution is 5.70. The van der Waals surface area contributed by atoms with E-state index < -0.39 is 6.10 Å². The lowest BCUT2D eigenvalue weighted by molar-refractivity contribution is -0.163. The zero-order valence-corrected chi connectivity index (χ0v) is 42.5. The van der Waals surface area contributed by atoms with Crippen LogP contribution in [0.15, 0.2) is 72.9 Å². The van der Waals surface area contributed by atoms with Crippen molar-refractivity contribution in [3.63, 3.8) is 0 Å². The van der Waals surface area contributed by atoms with Gasteiger partial charge in [0, 0.05) is 19.4 Å². The fourth-order valence-corrected chi connectivity index (χ4v) is 7.72. The van der Waals surface area contributed by atoms with Crippen LogP contribution in [-0.2, 0) is 23.8 Å². The number of ether oxygens (including phenoxy) is 3. The van der Waals surface area contributed by atoms with Gasteiger partial charge in [0.1, 0.15) is 6.61 Å². The number of hydrogen-bond donors (Lipinski definition) is 0. The van der Waals surface area contributed by atoms with Crippen LogP contribution in [0.1, 0.15) is 265 Å². The molecule has 0 heterocycles. The third-order valence-corrected chi connectivity index (χ3v) is 11.7. The van der Waals surface area contributed by atoms with E-state index in [1.54, 1.807) is 0 Å². The molecule has 0 aliphatic rings. The molecule has 0 N–H and O–H groups in total. The molecule has 5 heteroatoms. The number of allylic oxidation sites excluding steroid dienone is 12. The van der Waals surface area contributed by atoms with Gasteiger partial charge in [-0.05, 0) is 83.5 Å². The Morgan fingerprint density at radius 1 is 0.359 bits per heavy atom. The highest BCUT2D eigenvalue weighted by Crippen LogP contribution is 2.16. The largest absolute Gasteiger partial charge is 0.462 e. The van der Waals surface area contributed by atoms with Crippen molar-refractivity contribution in [1.82, 2.24) is 0 Å². The van der Waals surface area contributed by atoms with Gasteiger partial charge in [-0.1, -0.05) is 241 Å². The molecule has 0 aromatic heterocycles. The van der Waals surface area contributed by atoms with E-state index in [1.165, 1.54) is 128 Å². The summed E-state index contributed by atoms with van der Waals surface area (Å²) in [6.07, 6.45) is 70.7. The van der Waals surface area contributed by atoms with Crippen molar-refractivity contribution in [2.75, 3.05) is 19.8 Å². The Kier molecular flexibility index (Phi) is 52.4. The van der Waals surface area contributed by atoms with Gasteiger partial charge in [0.15, 0.2) is 6.10 Å². The fraction of sp³-hybridized carbons (Fsp3) is 0.763. The maximum atomic E-state index is 12.8. The topological polar surface area (TPSA) is 61.8 Å². The molecular formula is C59H104O5. The van der Waals surface area contributed by atoms with Gasteiger partial charge in [-0.2, -0.15) is 0 Å². The Morgan fingerprint density at radius 2 is 0.703 bits per heavy atom. The van der Waals surface area contributed by atoms with Crippen LogP contribution in [0.25, 0.3) is 0 Å². The molecule has 0 spiro atoms. The molecule has 0 fully saturated rings. The molecule has 370 valence electrons. The van der Waals surface area contributed by atoms with Crippen molar-refractivity contribution in [2.24, 2.45) is 0 Å². The smallest absolute Gasteiger partial charge is 0.306 e. The Hall–Kier alpha value is -2.66. The minimum absolute atomic E-state index is 0.0644. The van der Waals surface area contributed by atoms with Crippen molar-refractivity contribution >= 4 is 11.9 Å². The zero-order chi connectivity index (χ0) is 46.3. The number of hydrogen-bond acceptors (Lipinski definition) is 5. The Bertz CT molecular complexity index is 1150. The number of esters is 2. The second-order valence-corrected chi connectivity index (χ2v) is 18.1. The van der Waals surface area contributed by atoms with Crippen molar-refractivity contribution in [2.45, 2.75) is 271 Å². The molecule has 0 aliphatic carbocycles. The summed E-state index contributed by atoms with van der Waals surface area (Å²) in [5.41, 5.74) is 0. The summed E-state index contributed by atoms with van der Waals surface area (Å²) in [4.78, 5) is 25.4. The van der Waals surface area contributed by atoms with Crippen LogP contribution in [0.4, 0.5) is 0 Å². The molecule has 0 bridgehead atoms. The Labute approximate surface area is 397 Å². The molecule has 64 heavy (non-hydrogen) atoms. The number of rotatable bonds is 50. The van der Waals surface area contributed by atoms with E-state index in [4.69, 9.17) is 14.2 Å². The van der Waals surface area contributed by atoms with Crippen LogP contribution in [0.5, 0.6) is 0 Å². The van der Waals surface area contributed by atoms with Gasteiger partial charge in [0.05, 0.1) is 6.61 Å². The third kappa shape index (κ3) is 52.0. The van der Waals surface area contributed by atoms with Crippen molar-refractivity contribution in [3.8, 4) is 0 Å². The molecule has 1 unspecified atom stereocenters. The van der Waals surface area contributed by atoms with Crippen LogP contribution in [0.3, 0.4) is 0 Å². The maximum absolute atomic E-state index is 12.8. The Balaban J connectivity index is 4.26. The van der Waals surface area contributed by atoms with E-state index in [0.29, 0.717) is 19.4 Å². The summed E-state index contributed by atoms with van der Waals surface area (Å²) in [7, 11) is 0. The molecular weight excluding hydrogens is 789 g/mol. The van der Waals surface area contributed by atoms with Gasteiger partial charge in [-0.25, -0.2) is 0 Å². The highest BCUT2D eigenvalue weighted by atomic mass is 16.6. The standard InChI is InChI=1S/C59H104O5/c1-4-7-10-13-16-19-22-25-27-28-29-30-31-33-36-39-42-45-48-51-54-62-55-57(64-59(61)53-50-47-44-41-38-34-24-21-18-15-12-9-6-3)56-63-58(60)52-49-46-43-40-37-35-32-26-23-20-17-14-11-8-5-2/h8-9,11-12,17-18,20-21,26,32,34,38,57H,4-7,10,13-16,19,22-25,27-31,33,35-37,39-56H2,1-3H3/b11-8-,12-9-,20-17-,21-18-,32-26-,38-34-. The molecule has 0 radical (unpaired) electrons. The van der Waals surface area contributed by atoms with Crippen LogP contribution in [0, 0.1) is 0 Å². The van der Waals surface area contributed by atoms with Crippen molar-refractivity contribution in [3.05, 3.63) is 72.9 Å². The van der Waals surface area contributed by atoms with E-state index in [2.05, 4.69) is 93.7 Å². The highest BCUT2D eigenvalue weighted by Gasteiger charge is 2.17. The van der Waals surface area contributed by atoms with Gasteiger partial charge in [0.25, 0.3) is 0 Å². The summed E-state index contributed by atoms with van der Waals surface area (Å²) < 4.78 is 17.4. The minimum atomic E-state index is -0.559. The van der Waals surface area contributed by atoms with Crippen molar-refractivity contribution in [1.29, 1.82) is 0 Å². The molecule has 1 atom stereocenters. The molecule has 0 saturated heterocycles. The molecule has 0 saturated carbocycles. The van der Waals surface area contributed by atoms with Crippen molar-refractivity contribution < 1.29 is 23.8 Å². The molecule has 0 aromatic carbocycles. The lowest BCUT2D eigenvalue weighted by Crippen LogP contribution is -2.30. The number of carbonyl (C=O) groups excluding carboxylic acids is 2. The van der Waals surface area contributed by atoms with E-state index in [9.17, 15) is 9.59 Å². The average molecular weight is 893 g/mol. The molecule has 5 nitrogen and oxygen atoms in total. The normalized spacial score (nSPS) is 12.7. The lowest BCUT2D eigenvalue weighted by Gasteiger charge is -2.18. The fourth-order valence-electron chi connectivity index (χ4n) is 7.72. The van der Waals surface area contributed by atoms with Gasteiger partial charge < -0.3 is 14.2 Å². The second kappa shape index (κ2) is 54.7. The van der Waals surface area contributed by atoms with Crippen LogP contribution in [-0.4, -0.2) is 37.9 Å². The number of unbranched alkanes of at least 4 members (excludes halogenated alkanes) is 27. The molecule has 0 rings (SSSR count). The van der Waals surface area contributed by atoms with Gasteiger partial charge in [-0.3, -0.25) is 9.59 Å². The number of carbonyl (C=O) groups is 2. The van der Waals surface area contributed by atoms with Gasteiger partial charge in [-0.15, -0.1) is 0 Å². The van der Waals surface area contributed by atoms with E-state index >= 15 is 0 Å². The van der Waals surface area contributed by atoms with Gasteiger partial charge >= 0.3 is 11.9 Å². The first-order valence-corrected chi connectivity index (χ1v) is 27.5. The third-order valence-electron chi connectivity index (χ3n) is 11.7. The monoisotopic (exact) mass is 893 g/mol. The van der Waals surface area contributed by atoms with Gasteiger partial charge in [0.2, 0.25) is 0 Å². The summed E-state index contributed by atoms with van der Waals surface area (Å²) in [5.74, 6) is -0.444. The zero-order valence-electron chi connectivity index (χ0n) is 42.5. The molecule has 0 aromatic rings. The maximum Gasteiger partial charge on any atom is 0.306 e. The second-order valence-electron chi connectivity index (χ2n) is 18.1. The van der Waals surface area contributed by atoms with E-state index in [1.807, 2.05) is 0 Å². The summed E-state index contributed by atoms with van der Waals surface area (Å²) in [6, 6.07) is 0. The Morgan fingerprint density at radius 3 is 1.14 bits per heavy atom. The minimum Gasteiger partial charge on any atom is -0.462 e. The summed E-state index contributed by atoms with van der Waals surface area (Å²) in [6.45, 7) is 7.58. The first-order valence-electron chi connectivity index (χ1n) is 27.5. The van der Waals surface area contributed by atoms with Crippen LogP contribution < -0.4 is 0 Å². The first-order chi connectivity index (χ1) is 31.6. The molecule has 0 amide bonds. The van der Waals surface area contributed by atoms with E-state index in [0.717, 1.165) is 103 Å². The van der Waals surface area contributed by atoms with Crippen LogP contribution >= 0.6 is 0 Å². The summed E-state index contributed by atoms with van der Waals surface area (Å²) >= 11 is 0. The lowest BCUT2D eigenvalue weighted by atomic mass is 10.0. The molecule has 0 aliphatic heterocycles. The predicted molar refractivity (Wildman–Crippen MR) is 279 cm³/mol.